The van der Waals surface area contributed by atoms with Crippen LogP contribution in [-0.4, -0.2) is 93.6 Å². The van der Waals surface area contributed by atoms with Crippen molar-refractivity contribution in [3.05, 3.63) is 0 Å². The Morgan fingerprint density at radius 1 is 0.523 bits per heavy atom. The molecule has 258 valence electrons. The summed E-state index contributed by atoms with van der Waals surface area (Å²) in [6.07, 6.45) is 0.629. The summed E-state index contributed by atoms with van der Waals surface area (Å²) in [5.74, 6) is 1.07. The van der Waals surface area contributed by atoms with Crippen LogP contribution in [0.1, 0.15) is 110 Å². The minimum atomic E-state index is -3.31. The second kappa shape index (κ2) is 19.3. The van der Waals surface area contributed by atoms with Gasteiger partial charge >= 0.3 is 17.6 Å². The van der Waals surface area contributed by atoms with E-state index in [2.05, 4.69) is 39.8 Å². The largest absolute Gasteiger partial charge is 0.525 e. The molecule has 0 radical (unpaired) electrons. The molecule has 1 aromatic rings. The molecule has 1 aromatic heterocycles. The Labute approximate surface area is 269 Å². The molecule has 1 heterocycles. The molecule has 2 atom stereocenters. The van der Waals surface area contributed by atoms with E-state index in [1.54, 1.807) is 0 Å². The minimum Gasteiger partial charge on any atom is -0.370 e. The Morgan fingerprint density at radius 3 is 1.02 bits per heavy atom. The number of nitrogens with zero attached hydrogens (tertiary/aromatic N) is 3. The average Bonchev–Trinajstić information content (AvgIpc) is 2.86. The molecule has 0 saturated carbocycles. The summed E-state index contributed by atoms with van der Waals surface area (Å²) in [7, 11) is -6.61. The topological polar surface area (TPSA) is 156 Å². The molecule has 0 aliphatic heterocycles. The Hall–Kier alpha value is -1.44. The van der Waals surface area contributed by atoms with Crippen molar-refractivity contribution in [2.24, 2.45) is 5.73 Å². The van der Waals surface area contributed by atoms with E-state index < -0.39 is 17.6 Å². The molecule has 2 unspecified atom stereocenters. The molecule has 0 saturated heterocycles. The summed E-state index contributed by atoms with van der Waals surface area (Å²) in [5.41, 5.74) is 5.13. The third-order valence-corrected chi connectivity index (χ3v) is 13.4. The first-order valence-electron chi connectivity index (χ1n) is 16.3. The van der Waals surface area contributed by atoms with E-state index in [1.165, 1.54) is 0 Å². The SMILES string of the molecule is CCC(Nc1nc(NCCN)nc(NC(CC)[Si](OC(C)C)(OC(C)C)OC(C)C)n1)[Si](OC(C)C)(OC(C)C)OC(C)C. The lowest BCUT2D eigenvalue weighted by molar-refractivity contribution is -0.00366. The van der Waals surface area contributed by atoms with Gasteiger partial charge in [-0.05, 0) is 95.9 Å². The molecule has 0 spiro atoms. The number of hydrogen-bond acceptors (Lipinski definition) is 13. The lowest BCUT2D eigenvalue weighted by atomic mass is 10.5. The van der Waals surface area contributed by atoms with Gasteiger partial charge in [0, 0.05) is 49.7 Å². The summed E-state index contributed by atoms with van der Waals surface area (Å²) in [4.78, 5) is 14.2. The fourth-order valence-corrected chi connectivity index (χ4v) is 11.5. The maximum Gasteiger partial charge on any atom is 0.525 e. The zero-order valence-corrected chi connectivity index (χ0v) is 31.8. The van der Waals surface area contributed by atoms with E-state index in [0.717, 1.165) is 0 Å². The van der Waals surface area contributed by atoms with Gasteiger partial charge in [-0.15, -0.1) is 0 Å². The maximum absolute atomic E-state index is 6.52. The highest BCUT2D eigenvalue weighted by molar-refractivity contribution is 6.63. The molecule has 0 aliphatic rings. The van der Waals surface area contributed by atoms with Gasteiger partial charge in [0.1, 0.15) is 0 Å². The van der Waals surface area contributed by atoms with E-state index in [-0.39, 0.29) is 48.0 Å². The van der Waals surface area contributed by atoms with Crippen LogP contribution in [-0.2, 0) is 26.6 Å². The number of nitrogens with two attached hydrogens (primary N) is 1. The molecule has 0 fully saturated rings. The van der Waals surface area contributed by atoms with Crippen molar-refractivity contribution in [2.75, 3.05) is 29.0 Å². The first-order valence-corrected chi connectivity index (χ1v) is 19.9. The standard InChI is InChI=1S/C29H63N7O6Si2/c1-15-25(43(37-19(3)4,38-20(5)6)39-21(7)8)32-28-34-27(31-18-17-30)35-29(36-28)33-26(16-2)44(40-22(9)10,41-23(11)12)42-24(13)14/h19-26H,15-18,30H2,1-14H3,(H3,31,32,33,34,35,36). The van der Waals surface area contributed by atoms with Crippen LogP contribution in [0.3, 0.4) is 0 Å². The van der Waals surface area contributed by atoms with Crippen LogP contribution in [0, 0.1) is 0 Å². The lowest BCUT2D eigenvalue weighted by Crippen LogP contribution is -2.62. The molecule has 0 amide bonds. The van der Waals surface area contributed by atoms with Crippen LogP contribution in [0.5, 0.6) is 0 Å². The number of aromatic nitrogens is 3. The van der Waals surface area contributed by atoms with Crippen LogP contribution in [0.15, 0.2) is 0 Å². The van der Waals surface area contributed by atoms with Crippen molar-refractivity contribution in [3.8, 4) is 0 Å². The Balaban J connectivity index is 3.69. The van der Waals surface area contributed by atoms with Gasteiger partial charge in [-0.1, -0.05) is 13.8 Å². The van der Waals surface area contributed by atoms with Gasteiger partial charge in [0.15, 0.2) is 0 Å². The predicted octanol–water partition coefficient (Wildman–Crippen LogP) is 5.13. The van der Waals surface area contributed by atoms with Gasteiger partial charge in [0.05, 0.1) is 11.3 Å². The van der Waals surface area contributed by atoms with Gasteiger partial charge in [-0.25, -0.2) is 0 Å². The quantitative estimate of drug-likeness (QED) is 0.115. The zero-order valence-electron chi connectivity index (χ0n) is 29.8. The molecule has 15 heteroatoms. The second-order valence-corrected chi connectivity index (χ2v) is 17.7. The Kier molecular flexibility index (Phi) is 17.8. The highest BCUT2D eigenvalue weighted by Gasteiger charge is 2.53. The van der Waals surface area contributed by atoms with Crippen LogP contribution in [0.4, 0.5) is 17.8 Å². The zero-order chi connectivity index (χ0) is 33.7. The van der Waals surface area contributed by atoms with Crippen molar-refractivity contribution in [3.63, 3.8) is 0 Å². The molecule has 0 bridgehead atoms. The average molecular weight is 662 g/mol. The lowest BCUT2D eigenvalue weighted by Gasteiger charge is -2.40. The summed E-state index contributed by atoms with van der Waals surface area (Å²) in [5, 5.41) is 10.2. The number of rotatable bonds is 23. The van der Waals surface area contributed by atoms with E-state index in [0.29, 0.717) is 43.8 Å². The van der Waals surface area contributed by atoms with Crippen LogP contribution in [0.25, 0.3) is 0 Å². The molecular weight excluding hydrogens is 599 g/mol. The minimum absolute atomic E-state index is 0.112. The fourth-order valence-electron chi connectivity index (χ4n) is 4.59. The van der Waals surface area contributed by atoms with Crippen LogP contribution >= 0.6 is 0 Å². The first-order chi connectivity index (χ1) is 20.5. The van der Waals surface area contributed by atoms with Crippen molar-refractivity contribution < 1.29 is 26.6 Å². The van der Waals surface area contributed by atoms with Gasteiger partial charge in [-0.3, -0.25) is 0 Å². The predicted molar refractivity (Wildman–Crippen MR) is 182 cm³/mol. The Bertz CT molecular complexity index is 824. The Morgan fingerprint density at radius 2 is 0.795 bits per heavy atom. The number of anilines is 3. The monoisotopic (exact) mass is 661 g/mol. The highest BCUT2D eigenvalue weighted by Crippen LogP contribution is 2.28. The van der Waals surface area contributed by atoms with Gasteiger partial charge < -0.3 is 48.2 Å². The van der Waals surface area contributed by atoms with Crippen molar-refractivity contribution in [1.82, 2.24) is 15.0 Å². The van der Waals surface area contributed by atoms with Gasteiger partial charge in [0.2, 0.25) is 17.8 Å². The van der Waals surface area contributed by atoms with Gasteiger partial charge in [0.25, 0.3) is 0 Å². The van der Waals surface area contributed by atoms with Gasteiger partial charge in [-0.2, -0.15) is 15.0 Å². The van der Waals surface area contributed by atoms with Crippen LogP contribution < -0.4 is 21.7 Å². The molecular formula is C29H63N7O6Si2. The highest BCUT2D eigenvalue weighted by atomic mass is 28.4. The van der Waals surface area contributed by atoms with E-state index >= 15 is 0 Å². The number of nitrogens with one attached hydrogen (secondary N) is 3. The van der Waals surface area contributed by atoms with E-state index in [1.807, 2.05) is 83.1 Å². The molecule has 0 aromatic carbocycles. The third kappa shape index (κ3) is 13.5. The van der Waals surface area contributed by atoms with E-state index in [4.69, 9.17) is 37.3 Å². The van der Waals surface area contributed by atoms with E-state index in [9.17, 15) is 0 Å². The summed E-state index contributed by atoms with van der Waals surface area (Å²) < 4.78 is 39.1. The summed E-state index contributed by atoms with van der Waals surface area (Å²) in [6, 6.07) is 0. The van der Waals surface area contributed by atoms with Crippen LogP contribution in [0.2, 0.25) is 0 Å². The van der Waals surface area contributed by atoms with Crippen molar-refractivity contribution in [1.29, 1.82) is 0 Å². The third-order valence-electron chi connectivity index (χ3n) is 5.74. The fraction of sp³-hybridized carbons (Fsp3) is 0.897. The van der Waals surface area contributed by atoms with Crippen molar-refractivity contribution in [2.45, 2.75) is 158 Å². The first kappa shape index (κ1) is 40.6. The summed E-state index contributed by atoms with van der Waals surface area (Å²) >= 11 is 0. The molecule has 13 nitrogen and oxygen atoms in total. The van der Waals surface area contributed by atoms with Crippen molar-refractivity contribution >= 4 is 35.5 Å². The maximum atomic E-state index is 6.52. The molecule has 5 N–H and O–H groups in total. The smallest absolute Gasteiger partial charge is 0.370 e. The normalized spacial score (nSPS) is 14.4. The molecule has 0 aliphatic carbocycles. The molecule has 44 heavy (non-hydrogen) atoms. The molecule has 1 rings (SSSR count). The summed E-state index contributed by atoms with van der Waals surface area (Å²) in [6.45, 7) is 28.9. The second-order valence-electron chi connectivity index (χ2n) is 12.4. The number of hydrogen-bond donors (Lipinski definition) is 4.